The van der Waals surface area contributed by atoms with E-state index in [1.807, 2.05) is 13.8 Å². The van der Waals surface area contributed by atoms with E-state index in [0.29, 0.717) is 6.42 Å². The third-order valence-electron chi connectivity index (χ3n) is 1.67. The smallest absolute Gasteiger partial charge is 0.192 e. The Balaban J connectivity index is 2.31. The van der Waals surface area contributed by atoms with Crippen LogP contribution in [0.3, 0.4) is 0 Å². The topological polar surface area (TPSA) is 32.8 Å². The first-order valence-electron chi connectivity index (χ1n) is 3.13. The molecule has 0 spiro atoms. The first kappa shape index (κ1) is 6.05. The Bertz CT molecular complexity index is 92.5. The minimum atomic E-state index is -0.741. The summed E-state index contributed by atoms with van der Waals surface area (Å²) in [4.78, 5) is 0. The van der Waals surface area contributed by atoms with Gasteiger partial charge in [-0.25, -0.2) is 0 Å². The number of rotatable bonds is 2. The molecule has 1 rings (SSSR count). The van der Waals surface area contributed by atoms with Crippen LogP contribution in [0.2, 0.25) is 0 Å². The Morgan fingerprint density at radius 3 is 2.38 bits per heavy atom. The zero-order valence-corrected chi connectivity index (χ0v) is 5.35. The molecule has 0 amide bonds. The molecule has 0 saturated carbocycles. The molecule has 1 heterocycles. The molecule has 2 atom stereocenters. The summed E-state index contributed by atoms with van der Waals surface area (Å²) in [5, 5.41) is 9.18. The van der Waals surface area contributed by atoms with Crippen LogP contribution in [-0.2, 0) is 4.74 Å². The van der Waals surface area contributed by atoms with Crippen molar-refractivity contribution in [1.82, 2.24) is 0 Å². The highest BCUT2D eigenvalue weighted by Gasteiger charge is 2.52. The Labute approximate surface area is 49.5 Å². The van der Waals surface area contributed by atoms with Crippen LogP contribution in [0.4, 0.5) is 0 Å². The first-order valence-corrected chi connectivity index (χ1v) is 3.13. The van der Waals surface area contributed by atoms with Gasteiger partial charge in [-0.3, -0.25) is 0 Å². The molecular formula is C6H12O2. The van der Waals surface area contributed by atoms with Gasteiger partial charge in [0.2, 0.25) is 0 Å². The van der Waals surface area contributed by atoms with Gasteiger partial charge in [0, 0.05) is 6.42 Å². The summed E-state index contributed by atoms with van der Waals surface area (Å²) in [6.45, 7) is 3.94. The van der Waals surface area contributed by atoms with E-state index in [1.54, 1.807) is 0 Å². The van der Waals surface area contributed by atoms with E-state index in [2.05, 4.69) is 0 Å². The van der Waals surface area contributed by atoms with Crippen LogP contribution in [0.1, 0.15) is 26.7 Å². The average Bonchev–Trinajstić information content (AvgIpc) is 2.44. The maximum Gasteiger partial charge on any atom is 0.192 e. The van der Waals surface area contributed by atoms with Gasteiger partial charge in [0.15, 0.2) is 5.79 Å². The zero-order chi connectivity index (χ0) is 6.20. The van der Waals surface area contributed by atoms with Gasteiger partial charge in [-0.15, -0.1) is 0 Å². The molecule has 1 N–H and O–H groups in total. The maximum atomic E-state index is 9.18. The molecule has 1 aliphatic heterocycles. The average molecular weight is 116 g/mol. The van der Waals surface area contributed by atoms with Crippen LogP contribution in [0.5, 0.6) is 0 Å². The van der Waals surface area contributed by atoms with Crippen LogP contribution in [0, 0.1) is 0 Å². The molecule has 0 aromatic rings. The molecule has 0 bridgehead atoms. The molecular weight excluding hydrogens is 104 g/mol. The van der Waals surface area contributed by atoms with Crippen LogP contribution < -0.4 is 0 Å². The third-order valence-corrected chi connectivity index (χ3v) is 1.67. The van der Waals surface area contributed by atoms with Gasteiger partial charge in [-0.05, 0) is 6.42 Å². The Morgan fingerprint density at radius 1 is 1.62 bits per heavy atom. The summed E-state index contributed by atoms with van der Waals surface area (Å²) in [5.74, 6) is -0.741. The number of hydrogen-bond donors (Lipinski definition) is 1. The van der Waals surface area contributed by atoms with Crippen molar-refractivity contribution in [2.24, 2.45) is 0 Å². The SMILES string of the molecule is CCC1OC1(O)CC. The fraction of sp³-hybridized carbons (Fsp3) is 1.00. The lowest BCUT2D eigenvalue weighted by atomic mass is 10.2. The minimum absolute atomic E-state index is 0.118. The van der Waals surface area contributed by atoms with Gasteiger partial charge >= 0.3 is 0 Å². The number of aliphatic hydroxyl groups is 1. The van der Waals surface area contributed by atoms with Crippen molar-refractivity contribution in [2.45, 2.75) is 38.6 Å². The predicted molar refractivity (Wildman–Crippen MR) is 30.4 cm³/mol. The highest BCUT2D eigenvalue weighted by molar-refractivity contribution is 4.90. The molecule has 2 heteroatoms. The van der Waals surface area contributed by atoms with E-state index in [9.17, 15) is 5.11 Å². The highest BCUT2D eigenvalue weighted by atomic mass is 16.7. The van der Waals surface area contributed by atoms with E-state index in [0.717, 1.165) is 6.42 Å². The predicted octanol–water partition coefficient (Wildman–Crippen LogP) is 0.894. The van der Waals surface area contributed by atoms with Crippen molar-refractivity contribution in [1.29, 1.82) is 0 Å². The van der Waals surface area contributed by atoms with Crippen LogP contribution in [-0.4, -0.2) is 17.0 Å². The van der Waals surface area contributed by atoms with E-state index >= 15 is 0 Å². The summed E-state index contributed by atoms with van der Waals surface area (Å²) in [5.41, 5.74) is 0. The monoisotopic (exact) mass is 116 g/mol. The van der Waals surface area contributed by atoms with E-state index in [-0.39, 0.29) is 6.10 Å². The Morgan fingerprint density at radius 2 is 2.25 bits per heavy atom. The van der Waals surface area contributed by atoms with Crippen LogP contribution in [0.15, 0.2) is 0 Å². The number of hydrogen-bond acceptors (Lipinski definition) is 2. The molecule has 1 aliphatic rings. The van der Waals surface area contributed by atoms with Crippen LogP contribution in [0.25, 0.3) is 0 Å². The first-order chi connectivity index (χ1) is 3.73. The van der Waals surface area contributed by atoms with Gasteiger partial charge in [-0.2, -0.15) is 0 Å². The van der Waals surface area contributed by atoms with Gasteiger partial charge in [0.05, 0.1) is 0 Å². The summed E-state index contributed by atoms with van der Waals surface area (Å²) < 4.78 is 4.96. The largest absolute Gasteiger partial charge is 0.363 e. The molecule has 0 radical (unpaired) electrons. The second-order valence-corrected chi connectivity index (χ2v) is 2.21. The molecule has 2 unspecified atom stereocenters. The fourth-order valence-corrected chi connectivity index (χ4v) is 0.926. The van der Waals surface area contributed by atoms with E-state index in [1.165, 1.54) is 0 Å². The van der Waals surface area contributed by atoms with Gasteiger partial charge in [0.25, 0.3) is 0 Å². The maximum absolute atomic E-state index is 9.18. The number of epoxide rings is 1. The lowest BCUT2D eigenvalue weighted by Crippen LogP contribution is -2.10. The summed E-state index contributed by atoms with van der Waals surface area (Å²) in [7, 11) is 0. The zero-order valence-electron chi connectivity index (χ0n) is 5.35. The molecule has 0 aliphatic carbocycles. The van der Waals surface area contributed by atoms with E-state index < -0.39 is 5.79 Å². The van der Waals surface area contributed by atoms with Crippen molar-refractivity contribution in [2.75, 3.05) is 0 Å². The standard InChI is InChI=1S/C6H12O2/c1-3-5-6(7,4-2)8-5/h5,7H,3-4H2,1-2H3. The molecule has 1 fully saturated rings. The highest BCUT2D eigenvalue weighted by Crippen LogP contribution is 2.38. The lowest BCUT2D eigenvalue weighted by molar-refractivity contribution is 0.0332. The van der Waals surface area contributed by atoms with Crippen molar-refractivity contribution in [3.8, 4) is 0 Å². The Hall–Kier alpha value is -0.0800. The van der Waals surface area contributed by atoms with Crippen LogP contribution >= 0.6 is 0 Å². The second kappa shape index (κ2) is 1.71. The number of ether oxygens (including phenoxy) is 1. The fourth-order valence-electron chi connectivity index (χ4n) is 0.926. The molecule has 48 valence electrons. The molecule has 8 heavy (non-hydrogen) atoms. The van der Waals surface area contributed by atoms with Gasteiger partial charge in [0.1, 0.15) is 6.10 Å². The normalized spacial score (nSPS) is 44.6. The van der Waals surface area contributed by atoms with Crippen molar-refractivity contribution in [3.63, 3.8) is 0 Å². The van der Waals surface area contributed by atoms with Crippen molar-refractivity contribution in [3.05, 3.63) is 0 Å². The third kappa shape index (κ3) is 0.740. The Kier molecular flexibility index (Phi) is 1.29. The second-order valence-electron chi connectivity index (χ2n) is 2.21. The van der Waals surface area contributed by atoms with E-state index in [4.69, 9.17) is 4.74 Å². The molecule has 2 nitrogen and oxygen atoms in total. The summed E-state index contributed by atoms with van der Waals surface area (Å²) in [6.07, 6.45) is 1.75. The minimum Gasteiger partial charge on any atom is -0.363 e. The van der Waals surface area contributed by atoms with Crippen molar-refractivity contribution >= 4 is 0 Å². The molecule has 1 saturated heterocycles. The lowest BCUT2D eigenvalue weighted by Gasteiger charge is -1.95. The summed E-state index contributed by atoms with van der Waals surface area (Å²) >= 11 is 0. The van der Waals surface area contributed by atoms with Gasteiger partial charge < -0.3 is 9.84 Å². The quantitative estimate of drug-likeness (QED) is 0.543. The van der Waals surface area contributed by atoms with Crippen molar-refractivity contribution < 1.29 is 9.84 Å². The van der Waals surface area contributed by atoms with Gasteiger partial charge in [-0.1, -0.05) is 13.8 Å². The summed E-state index contributed by atoms with van der Waals surface area (Å²) in [6, 6.07) is 0. The molecule has 0 aromatic carbocycles. The molecule has 0 aromatic heterocycles.